The summed E-state index contributed by atoms with van der Waals surface area (Å²) in [5.41, 5.74) is 4.29. The van der Waals surface area contributed by atoms with Crippen molar-refractivity contribution in [3.8, 4) is 0 Å². The van der Waals surface area contributed by atoms with E-state index in [1.165, 1.54) is 19.3 Å². The molecule has 5 nitrogen and oxygen atoms in total. The fraction of sp³-hybridized carbons (Fsp3) is 0.500. The number of para-hydroxylation sites is 1. The van der Waals surface area contributed by atoms with E-state index >= 15 is 0 Å². The van der Waals surface area contributed by atoms with Crippen molar-refractivity contribution >= 4 is 17.6 Å². The Balaban J connectivity index is 1.55. The molecule has 2 aromatic carbocycles. The molecule has 1 amide bonds. The highest BCUT2D eigenvalue weighted by Gasteiger charge is 2.49. The summed E-state index contributed by atoms with van der Waals surface area (Å²) in [7, 11) is 0. The smallest absolute Gasteiger partial charge is 0.362 e. The van der Waals surface area contributed by atoms with Crippen LogP contribution in [0.25, 0.3) is 0 Å². The highest BCUT2D eigenvalue weighted by Crippen LogP contribution is 2.34. The van der Waals surface area contributed by atoms with Crippen molar-refractivity contribution in [2.75, 3.05) is 31.1 Å². The first kappa shape index (κ1) is 23.5. The van der Waals surface area contributed by atoms with E-state index in [2.05, 4.69) is 26.0 Å². The molecule has 33 heavy (non-hydrogen) atoms. The predicted octanol–water partition coefficient (Wildman–Crippen LogP) is 4.93. The summed E-state index contributed by atoms with van der Waals surface area (Å²) < 4.78 is 6.24. The molecule has 2 aliphatic heterocycles. The largest absolute Gasteiger partial charge is 0.457 e. The number of carbonyl (C=O) groups excluding carboxylic acids is 2. The fourth-order valence-electron chi connectivity index (χ4n) is 5.74. The summed E-state index contributed by atoms with van der Waals surface area (Å²) in [4.78, 5) is 28.9. The van der Waals surface area contributed by atoms with Crippen molar-refractivity contribution in [3.63, 3.8) is 0 Å². The van der Waals surface area contributed by atoms with Gasteiger partial charge in [0.2, 0.25) is 0 Å². The van der Waals surface area contributed by atoms with Gasteiger partial charge in [-0.3, -0.25) is 4.79 Å². The van der Waals surface area contributed by atoms with Gasteiger partial charge in [-0.15, -0.1) is 0 Å². The average Bonchev–Trinajstić information content (AvgIpc) is 3.16. The van der Waals surface area contributed by atoms with Gasteiger partial charge in [0.05, 0.1) is 13.1 Å². The molecule has 2 aliphatic rings. The summed E-state index contributed by atoms with van der Waals surface area (Å²) in [6.07, 6.45) is 6.48. The van der Waals surface area contributed by atoms with E-state index in [-0.39, 0.29) is 31.1 Å². The molecule has 1 unspecified atom stereocenters. The highest BCUT2D eigenvalue weighted by atomic mass is 16.5. The third-order valence-corrected chi connectivity index (χ3v) is 7.44. The normalized spacial score (nSPS) is 20.8. The van der Waals surface area contributed by atoms with E-state index in [0.29, 0.717) is 11.0 Å². The average molecular weight is 450 g/mol. The quantitative estimate of drug-likeness (QED) is 0.464. The van der Waals surface area contributed by atoms with Crippen LogP contribution in [-0.2, 0) is 20.9 Å². The number of rotatable bonds is 6. The number of ether oxygens (including phenoxy) is 1. The molecule has 0 N–H and O–H groups in total. The lowest BCUT2D eigenvalue weighted by Crippen LogP contribution is -2.61. The number of amides is 1. The number of nitrogens with zero attached hydrogens (tertiary/aromatic N) is 2. The minimum atomic E-state index is -0.197. The summed E-state index contributed by atoms with van der Waals surface area (Å²) in [5.74, 6) is -0.0263. The Morgan fingerprint density at radius 1 is 0.939 bits per heavy atom. The number of quaternary nitrogens is 1. The number of hydrogen-bond acceptors (Lipinski definition) is 3. The second-order valence-electron chi connectivity index (χ2n) is 9.77. The first-order valence-corrected chi connectivity index (χ1v) is 12.4. The topological polar surface area (TPSA) is 46.6 Å². The molecular weight excluding hydrogens is 412 g/mol. The van der Waals surface area contributed by atoms with Gasteiger partial charge in [-0.2, -0.15) is 0 Å². The van der Waals surface area contributed by atoms with Crippen molar-refractivity contribution < 1.29 is 18.8 Å². The Hall–Kier alpha value is -2.66. The summed E-state index contributed by atoms with van der Waals surface area (Å²) >= 11 is 0. The van der Waals surface area contributed by atoms with Crippen molar-refractivity contribution in [1.29, 1.82) is 0 Å². The van der Waals surface area contributed by atoms with Gasteiger partial charge in [-0.05, 0) is 56.2 Å². The van der Waals surface area contributed by atoms with E-state index in [4.69, 9.17) is 4.74 Å². The maximum atomic E-state index is 13.8. The van der Waals surface area contributed by atoms with Crippen molar-refractivity contribution in [1.82, 2.24) is 0 Å². The number of carbonyl (C=O) groups is 2. The fourth-order valence-corrected chi connectivity index (χ4v) is 5.74. The molecule has 1 atom stereocenters. The highest BCUT2D eigenvalue weighted by molar-refractivity contribution is 6.00. The molecule has 0 spiro atoms. The Bertz CT molecular complexity index is 944. The minimum Gasteiger partial charge on any atom is -0.457 e. The van der Waals surface area contributed by atoms with Gasteiger partial charge in [-0.1, -0.05) is 55.0 Å². The van der Waals surface area contributed by atoms with Crippen LogP contribution in [0.4, 0.5) is 5.69 Å². The first-order chi connectivity index (χ1) is 16.0. The molecule has 0 radical (unpaired) electrons. The van der Waals surface area contributed by atoms with Gasteiger partial charge in [0, 0.05) is 18.7 Å². The van der Waals surface area contributed by atoms with Gasteiger partial charge in [0.1, 0.15) is 6.61 Å². The first-order valence-electron chi connectivity index (χ1n) is 12.4. The molecule has 176 valence electrons. The summed E-state index contributed by atoms with van der Waals surface area (Å²) in [6, 6.07) is 15.8. The molecule has 0 bridgehead atoms. The summed E-state index contributed by atoms with van der Waals surface area (Å²) in [6.45, 7) is 7.18. The molecule has 5 heteroatoms. The number of esters is 1. The zero-order valence-electron chi connectivity index (χ0n) is 20.1. The molecule has 0 aliphatic carbocycles. The van der Waals surface area contributed by atoms with Crippen LogP contribution in [0.15, 0.2) is 48.5 Å². The number of aryl methyl sites for hydroxylation is 2. The maximum absolute atomic E-state index is 13.8. The lowest BCUT2D eigenvalue weighted by molar-refractivity contribution is -0.936. The van der Waals surface area contributed by atoms with E-state index in [9.17, 15) is 9.59 Å². The minimum absolute atomic E-state index is 0.170. The van der Waals surface area contributed by atoms with E-state index in [1.807, 2.05) is 41.3 Å². The molecule has 0 aromatic heterocycles. The molecule has 0 saturated carbocycles. The van der Waals surface area contributed by atoms with Crippen LogP contribution in [0.2, 0.25) is 0 Å². The number of benzene rings is 2. The molecule has 2 fully saturated rings. The van der Waals surface area contributed by atoms with Gasteiger partial charge in [0.15, 0.2) is 12.6 Å². The second kappa shape index (κ2) is 10.5. The zero-order chi connectivity index (χ0) is 23.3. The molecule has 2 aromatic rings. The lowest BCUT2D eigenvalue weighted by atomic mass is 10.0. The van der Waals surface area contributed by atoms with E-state index in [1.54, 1.807) is 0 Å². The number of hydrogen-bond donors (Lipinski definition) is 0. The molecule has 2 saturated heterocycles. The molecule has 2 heterocycles. The molecule has 4 rings (SSSR count). The summed E-state index contributed by atoms with van der Waals surface area (Å²) in [5, 5.41) is 0. The Morgan fingerprint density at radius 2 is 1.58 bits per heavy atom. The van der Waals surface area contributed by atoms with Gasteiger partial charge >= 0.3 is 5.97 Å². The van der Waals surface area contributed by atoms with Crippen LogP contribution in [0.1, 0.15) is 55.2 Å². The van der Waals surface area contributed by atoms with Crippen molar-refractivity contribution in [3.05, 3.63) is 65.2 Å². The Kier molecular flexibility index (Phi) is 7.49. The maximum Gasteiger partial charge on any atom is 0.362 e. The lowest BCUT2D eigenvalue weighted by Gasteiger charge is -2.43. The van der Waals surface area contributed by atoms with E-state index in [0.717, 1.165) is 54.7 Å². The third kappa shape index (κ3) is 5.30. The van der Waals surface area contributed by atoms with Crippen molar-refractivity contribution in [2.45, 2.75) is 65.0 Å². The van der Waals surface area contributed by atoms with Crippen LogP contribution in [0.5, 0.6) is 0 Å². The van der Waals surface area contributed by atoms with Gasteiger partial charge in [0.25, 0.3) is 5.91 Å². The van der Waals surface area contributed by atoms with Crippen LogP contribution < -0.4 is 4.90 Å². The van der Waals surface area contributed by atoms with Crippen LogP contribution >= 0.6 is 0 Å². The van der Waals surface area contributed by atoms with Crippen LogP contribution in [0.3, 0.4) is 0 Å². The van der Waals surface area contributed by atoms with E-state index < -0.39 is 0 Å². The standard InChI is InChI=1S/C28H37N2O3/c1-22-12-11-13-23(2)27(22)29-17-16-25(28(29)32)30(18-9-4-3-5-10-19-30)20-26(31)33-21-24-14-7-6-8-15-24/h6-8,11-15,25H,3-5,9-10,16-21H2,1-2H3/q+1. The Labute approximate surface area is 197 Å². The van der Waals surface area contributed by atoms with Crippen LogP contribution in [0, 0.1) is 13.8 Å². The number of likely N-dealkylation sites (tertiary alicyclic amines) is 1. The van der Waals surface area contributed by atoms with Crippen LogP contribution in [-0.4, -0.2) is 48.6 Å². The SMILES string of the molecule is Cc1cccc(C)c1N1CCC([N+]2(CC(=O)OCc3ccccc3)CCCCCCC2)C1=O. The van der Waals surface area contributed by atoms with Gasteiger partial charge in [-0.25, -0.2) is 4.79 Å². The Morgan fingerprint density at radius 3 is 2.24 bits per heavy atom. The third-order valence-electron chi connectivity index (χ3n) is 7.44. The zero-order valence-corrected chi connectivity index (χ0v) is 20.1. The number of anilines is 1. The van der Waals surface area contributed by atoms with Crippen molar-refractivity contribution in [2.24, 2.45) is 0 Å². The van der Waals surface area contributed by atoms with Gasteiger partial charge < -0.3 is 14.1 Å². The monoisotopic (exact) mass is 449 g/mol. The predicted molar refractivity (Wildman–Crippen MR) is 131 cm³/mol. The second-order valence-corrected chi connectivity index (χ2v) is 9.77. The molecular formula is C28H37N2O3+.